The van der Waals surface area contributed by atoms with E-state index in [1.807, 2.05) is 0 Å². The molecular formula is C3H6I2O2. The van der Waals surface area contributed by atoms with Gasteiger partial charge in [0.05, 0.1) is 0 Å². The average Bonchev–Trinajstić information content (AvgIpc) is 1.73. The third kappa shape index (κ3) is 19.6. The number of rotatable bonds is 1. The van der Waals surface area contributed by atoms with Crippen LogP contribution in [-0.2, 0) is 4.79 Å². The SMILES string of the molecule is CCC(=O)O.II. The molecule has 0 fully saturated rings. The summed E-state index contributed by atoms with van der Waals surface area (Å²) in [6.07, 6.45) is 0.222. The maximum absolute atomic E-state index is 9.37. The van der Waals surface area contributed by atoms with Crippen LogP contribution >= 0.6 is 37.2 Å². The molecule has 0 aliphatic rings. The predicted molar refractivity (Wildman–Crippen MR) is 46.0 cm³/mol. The lowest BCUT2D eigenvalue weighted by atomic mass is 10.5. The Morgan fingerprint density at radius 2 is 1.86 bits per heavy atom. The van der Waals surface area contributed by atoms with E-state index in [9.17, 15) is 4.79 Å². The maximum Gasteiger partial charge on any atom is 0.303 e. The van der Waals surface area contributed by atoms with Gasteiger partial charge in [-0.25, -0.2) is 0 Å². The third-order valence-corrected chi connectivity index (χ3v) is 0.302. The van der Waals surface area contributed by atoms with E-state index in [0.717, 1.165) is 0 Å². The van der Waals surface area contributed by atoms with Crippen molar-refractivity contribution in [3.05, 3.63) is 0 Å². The third-order valence-electron chi connectivity index (χ3n) is 0.302. The molecule has 0 rings (SSSR count). The summed E-state index contributed by atoms with van der Waals surface area (Å²) in [6.45, 7) is 1.60. The van der Waals surface area contributed by atoms with E-state index in [-0.39, 0.29) is 6.42 Å². The van der Waals surface area contributed by atoms with E-state index in [4.69, 9.17) is 5.11 Å². The minimum Gasteiger partial charge on any atom is -0.481 e. The minimum absolute atomic E-state index is 0.222. The van der Waals surface area contributed by atoms with Gasteiger partial charge in [0.15, 0.2) is 0 Å². The molecule has 0 aromatic rings. The molecule has 2 nitrogen and oxygen atoms in total. The molecule has 0 unspecified atom stereocenters. The lowest BCUT2D eigenvalue weighted by Gasteiger charge is -1.71. The van der Waals surface area contributed by atoms with Gasteiger partial charge in [-0.05, 0) is 0 Å². The first-order valence-corrected chi connectivity index (χ1v) is 7.92. The molecule has 7 heavy (non-hydrogen) atoms. The van der Waals surface area contributed by atoms with Crippen molar-refractivity contribution in [2.24, 2.45) is 0 Å². The second-order valence-corrected chi connectivity index (χ2v) is 0.747. The van der Waals surface area contributed by atoms with E-state index in [2.05, 4.69) is 37.2 Å². The summed E-state index contributed by atoms with van der Waals surface area (Å²) in [6, 6.07) is 0. The van der Waals surface area contributed by atoms with E-state index < -0.39 is 5.97 Å². The number of aliphatic carboxylic acids is 1. The van der Waals surface area contributed by atoms with Crippen LogP contribution in [0.15, 0.2) is 0 Å². The zero-order valence-electron chi connectivity index (χ0n) is 3.82. The van der Waals surface area contributed by atoms with Crippen molar-refractivity contribution < 1.29 is 9.90 Å². The van der Waals surface area contributed by atoms with Gasteiger partial charge >= 0.3 is 5.97 Å². The molecule has 0 aromatic carbocycles. The second-order valence-electron chi connectivity index (χ2n) is 0.747. The molecule has 0 saturated carbocycles. The van der Waals surface area contributed by atoms with Crippen molar-refractivity contribution >= 4 is 43.2 Å². The standard InChI is InChI=1S/C3H6O2.I2/c1-2-3(4)5;1-2/h2H2,1H3,(H,4,5);. The van der Waals surface area contributed by atoms with Crippen LogP contribution in [0.5, 0.6) is 0 Å². The largest absolute Gasteiger partial charge is 0.481 e. The summed E-state index contributed by atoms with van der Waals surface area (Å²) >= 11 is 4.24. The van der Waals surface area contributed by atoms with Gasteiger partial charge in [0, 0.05) is 43.7 Å². The molecule has 0 heterocycles. The molecular weight excluding hydrogens is 322 g/mol. The van der Waals surface area contributed by atoms with Crippen LogP contribution in [0.4, 0.5) is 0 Å². The summed E-state index contributed by atoms with van der Waals surface area (Å²) in [7, 11) is 0. The number of carboxylic acids is 1. The first-order chi connectivity index (χ1) is 3.27. The molecule has 0 amide bonds. The lowest BCUT2D eigenvalue weighted by molar-refractivity contribution is -0.136. The van der Waals surface area contributed by atoms with Crippen molar-refractivity contribution in [1.29, 1.82) is 0 Å². The normalized spacial score (nSPS) is 6.14. The van der Waals surface area contributed by atoms with Crippen LogP contribution in [0.2, 0.25) is 0 Å². The Morgan fingerprint density at radius 1 is 1.71 bits per heavy atom. The maximum atomic E-state index is 9.37. The monoisotopic (exact) mass is 328 g/mol. The molecule has 0 saturated heterocycles. The summed E-state index contributed by atoms with van der Waals surface area (Å²) in [5.74, 6) is -0.745. The minimum atomic E-state index is -0.745. The Balaban J connectivity index is 0. The summed E-state index contributed by atoms with van der Waals surface area (Å²) in [5, 5.41) is 7.72. The Labute approximate surface area is 66.0 Å². The van der Waals surface area contributed by atoms with Gasteiger partial charge in [-0.2, -0.15) is 0 Å². The highest BCUT2D eigenvalue weighted by molar-refractivity contribution is 15.0. The molecule has 0 radical (unpaired) electrons. The van der Waals surface area contributed by atoms with Crippen LogP contribution in [0, 0.1) is 0 Å². The van der Waals surface area contributed by atoms with Crippen LogP contribution in [0.3, 0.4) is 0 Å². The zero-order chi connectivity index (χ0) is 6.28. The van der Waals surface area contributed by atoms with Gasteiger partial charge in [0.1, 0.15) is 0 Å². The number of carbonyl (C=O) groups is 1. The number of hydrogen-bond donors (Lipinski definition) is 1. The van der Waals surface area contributed by atoms with Crippen molar-refractivity contribution in [3.63, 3.8) is 0 Å². The van der Waals surface area contributed by atoms with Gasteiger partial charge < -0.3 is 5.11 Å². The fourth-order valence-corrected chi connectivity index (χ4v) is 0. The average molecular weight is 328 g/mol. The van der Waals surface area contributed by atoms with Crippen molar-refractivity contribution in [3.8, 4) is 0 Å². The van der Waals surface area contributed by atoms with Crippen LogP contribution in [0.25, 0.3) is 0 Å². The smallest absolute Gasteiger partial charge is 0.303 e. The highest BCUT2D eigenvalue weighted by atomic mass is 128. The predicted octanol–water partition coefficient (Wildman–Crippen LogP) is 2.25. The summed E-state index contributed by atoms with van der Waals surface area (Å²) < 4.78 is 0. The Kier molecular flexibility index (Phi) is 15.5. The highest BCUT2D eigenvalue weighted by Gasteiger charge is 1.80. The fraction of sp³-hybridized carbons (Fsp3) is 0.667. The topological polar surface area (TPSA) is 37.3 Å². The Hall–Kier alpha value is 0.930. The molecule has 1 N–H and O–H groups in total. The molecule has 0 spiro atoms. The van der Waals surface area contributed by atoms with Crippen molar-refractivity contribution in [1.82, 2.24) is 0 Å². The first-order valence-electron chi connectivity index (χ1n) is 1.63. The lowest BCUT2D eigenvalue weighted by Crippen LogP contribution is -1.86. The molecule has 0 atom stereocenters. The van der Waals surface area contributed by atoms with Crippen molar-refractivity contribution in [2.75, 3.05) is 0 Å². The van der Waals surface area contributed by atoms with Crippen LogP contribution < -0.4 is 0 Å². The van der Waals surface area contributed by atoms with E-state index in [0.29, 0.717) is 0 Å². The Morgan fingerprint density at radius 3 is 1.86 bits per heavy atom. The molecule has 0 aliphatic carbocycles. The van der Waals surface area contributed by atoms with Gasteiger partial charge in [0.25, 0.3) is 0 Å². The van der Waals surface area contributed by atoms with Gasteiger partial charge in [-0.3, -0.25) is 4.79 Å². The Bertz CT molecular complexity index is 46.2. The number of carboxylic acid groups (broad SMARTS) is 1. The zero-order valence-corrected chi connectivity index (χ0v) is 8.13. The summed E-state index contributed by atoms with van der Waals surface area (Å²) in [4.78, 5) is 9.37. The molecule has 0 aliphatic heterocycles. The first kappa shape index (κ1) is 10.8. The van der Waals surface area contributed by atoms with Gasteiger partial charge in [0.2, 0.25) is 0 Å². The van der Waals surface area contributed by atoms with Gasteiger partial charge in [-0.15, -0.1) is 0 Å². The highest BCUT2D eigenvalue weighted by Crippen LogP contribution is 1.89. The molecule has 0 aromatic heterocycles. The second kappa shape index (κ2) is 10.0. The molecule has 44 valence electrons. The molecule has 0 bridgehead atoms. The number of halogens is 2. The number of hydrogen-bond acceptors (Lipinski definition) is 1. The van der Waals surface area contributed by atoms with E-state index in [1.54, 1.807) is 6.92 Å². The quantitative estimate of drug-likeness (QED) is 0.750. The van der Waals surface area contributed by atoms with E-state index in [1.165, 1.54) is 0 Å². The fourth-order valence-electron chi connectivity index (χ4n) is 0. The summed E-state index contributed by atoms with van der Waals surface area (Å²) in [5.41, 5.74) is 0. The van der Waals surface area contributed by atoms with Gasteiger partial charge in [-0.1, -0.05) is 6.92 Å². The van der Waals surface area contributed by atoms with E-state index >= 15 is 0 Å². The molecule has 4 heteroatoms. The van der Waals surface area contributed by atoms with Crippen LogP contribution in [0.1, 0.15) is 13.3 Å². The van der Waals surface area contributed by atoms with Crippen LogP contribution in [-0.4, -0.2) is 11.1 Å². The van der Waals surface area contributed by atoms with Crippen molar-refractivity contribution in [2.45, 2.75) is 13.3 Å².